The highest BCUT2D eigenvalue weighted by Crippen LogP contribution is 2.33. The van der Waals surface area contributed by atoms with Crippen molar-refractivity contribution >= 4 is 21.6 Å². The number of fused-ring (bicyclic) bond motifs is 1. The Balaban J connectivity index is 2.27. The standard InChI is InChI=1S/C18H17NO2S/c1-22(21)13-18(20,15-8-3-2-4-9-15)17-16-10-6-5-7-14(16)11-12-19-17/h2-12,20H,13H2,1H3/t18-,22-/m1/s1. The van der Waals surface area contributed by atoms with Crippen LogP contribution < -0.4 is 0 Å². The zero-order valence-electron chi connectivity index (χ0n) is 12.3. The van der Waals surface area contributed by atoms with Gasteiger partial charge in [0.05, 0.1) is 11.4 Å². The molecule has 0 fully saturated rings. The van der Waals surface area contributed by atoms with Crippen molar-refractivity contribution in [2.75, 3.05) is 12.0 Å². The second-order valence-corrected chi connectivity index (χ2v) is 6.76. The SMILES string of the molecule is C[S@@](=O)C[C@@](O)(c1ccccc1)c1nccc2ccccc12. The molecule has 3 rings (SSSR count). The number of hydrogen-bond donors (Lipinski definition) is 1. The monoisotopic (exact) mass is 311 g/mol. The molecule has 0 spiro atoms. The van der Waals surface area contributed by atoms with Gasteiger partial charge in [0.25, 0.3) is 0 Å². The molecule has 0 aliphatic rings. The largest absolute Gasteiger partial charge is 0.378 e. The van der Waals surface area contributed by atoms with Gasteiger partial charge in [0.15, 0.2) is 0 Å². The lowest BCUT2D eigenvalue weighted by Crippen LogP contribution is -2.34. The minimum atomic E-state index is -1.37. The molecule has 1 aromatic heterocycles. The Labute approximate surface area is 132 Å². The van der Waals surface area contributed by atoms with Gasteiger partial charge in [0, 0.05) is 28.6 Å². The van der Waals surface area contributed by atoms with E-state index in [0.29, 0.717) is 11.3 Å². The number of rotatable bonds is 4. The summed E-state index contributed by atoms with van der Waals surface area (Å²) in [6.07, 6.45) is 3.28. The van der Waals surface area contributed by atoms with Crippen molar-refractivity contribution in [2.45, 2.75) is 5.60 Å². The van der Waals surface area contributed by atoms with Crippen LogP contribution in [0.15, 0.2) is 66.9 Å². The third-order valence-corrected chi connectivity index (χ3v) is 4.55. The zero-order chi connectivity index (χ0) is 15.6. The van der Waals surface area contributed by atoms with E-state index in [9.17, 15) is 9.32 Å². The summed E-state index contributed by atoms with van der Waals surface area (Å²) in [6, 6.07) is 19.0. The summed E-state index contributed by atoms with van der Waals surface area (Å²) in [4.78, 5) is 4.42. The fraction of sp³-hybridized carbons (Fsp3) is 0.167. The summed E-state index contributed by atoms with van der Waals surface area (Å²) in [6.45, 7) is 0. The number of hydrogen-bond acceptors (Lipinski definition) is 3. The lowest BCUT2D eigenvalue weighted by Gasteiger charge is -2.28. The lowest BCUT2D eigenvalue weighted by atomic mass is 9.89. The molecule has 0 aliphatic carbocycles. The van der Waals surface area contributed by atoms with E-state index < -0.39 is 16.4 Å². The molecule has 0 aliphatic heterocycles. The van der Waals surface area contributed by atoms with Gasteiger partial charge in [-0.3, -0.25) is 9.19 Å². The molecule has 0 saturated heterocycles. The molecule has 2 aromatic carbocycles. The first-order valence-corrected chi connectivity index (χ1v) is 8.76. The minimum Gasteiger partial charge on any atom is -0.378 e. The molecule has 3 aromatic rings. The first-order valence-electron chi connectivity index (χ1n) is 7.03. The van der Waals surface area contributed by atoms with Crippen LogP contribution >= 0.6 is 0 Å². The molecule has 22 heavy (non-hydrogen) atoms. The summed E-state index contributed by atoms with van der Waals surface area (Å²) in [5, 5.41) is 13.2. The van der Waals surface area contributed by atoms with Crippen molar-refractivity contribution in [3.8, 4) is 0 Å². The maximum absolute atomic E-state index is 11.9. The highest BCUT2D eigenvalue weighted by molar-refractivity contribution is 7.84. The second kappa shape index (κ2) is 5.99. The predicted octanol–water partition coefficient (Wildman–Crippen LogP) is 2.85. The van der Waals surface area contributed by atoms with Crippen molar-refractivity contribution in [1.29, 1.82) is 0 Å². The number of benzene rings is 2. The normalized spacial score (nSPS) is 15.4. The number of aromatic nitrogens is 1. The molecule has 0 amide bonds. The minimum absolute atomic E-state index is 0.109. The topological polar surface area (TPSA) is 50.2 Å². The number of pyridine rings is 1. The van der Waals surface area contributed by atoms with E-state index in [1.807, 2.05) is 60.7 Å². The molecule has 0 bridgehead atoms. The highest BCUT2D eigenvalue weighted by Gasteiger charge is 2.35. The van der Waals surface area contributed by atoms with E-state index in [-0.39, 0.29) is 5.75 Å². The number of aliphatic hydroxyl groups is 1. The fourth-order valence-electron chi connectivity index (χ4n) is 2.75. The van der Waals surface area contributed by atoms with Crippen molar-refractivity contribution in [2.24, 2.45) is 0 Å². The van der Waals surface area contributed by atoms with Crippen molar-refractivity contribution in [3.63, 3.8) is 0 Å². The summed E-state index contributed by atoms with van der Waals surface area (Å²) < 4.78 is 11.9. The fourth-order valence-corrected chi connectivity index (χ4v) is 3.64. The van der Waals surface area contributed by atoms with E-state index in [0.717, 1.165) is 10.8 Å². The van der Waals surface area contributed by atoms with Crippen LogP contribution in [-0.4, -0.2) is 26.3 Å². The molecule has 1 N–H and O–H groups in total. The van der Waals surface area contributed by atoms with Crippen molar-refractivity contribution in [3.05, 3.63) is 78.1 Å². The van der Waals surface area contributed by atoms with Gasteiger partial charge in [-0.1, -0.05) is 54.6 Å². The third kappa shape index (κ3) is 2.67. The summed E-state index contributed by atoms with van der Waals surface area (Å²) in [7, 11) is -1.17. The van der Waals surface area contributed by atoms with E-state index in [2.05, 4.69) is 4.98 Å². The molecule has 0 unspecified atom stereocenters. The Morgan fingerprint density at radius 3 is 2.45 bits per heavy atom. The van der Waals surface area contributed by atoms with Gasteiger partial charge in [-0.25, -0.2) is 0 Å². The molecule has 1 heterocycles. The van der Waals surface area contributed by atoms with E-state index in [1.54, 1.807) is 12.5 Å². The van der Waals surface area contributed by atoms with Gasteiger partial charge >= 0.3 is 0 Å². The molecule has 2 atom stereocenters. The van der Waals surface area contributed by atoms with Gasteiger partial charge in [0.1, 0.15) is 5.60 Å². The Bertz CT molecular complexity index is 814. The molecule has 3 nitrogen and oxygen atoms in total. The van der Waals surface area contributed by atoms with Crippen LogP contribution in [0, 0.1) is 0 Å². The average molecular weight is 311 g/mol. The van der Waals surface area contributed by atoms with Gasteiger partial charge in [-0.15, -0.1) is 0 Å². The molecular weight excluding hydrogens is 294 g/mol. The van der Waals surface area contributed by atoms with Crippen LogP contribution in [0.1, 0.15) is 11.3 Å². The summed E-state index contributed by atoms with van der Waals surface area (Å²) in [5.74, 6) is 0.109. The zero-order valence-corrected chi connectivity index (χ0v) is 13.1. The summed E-state index contributed by atoms with van der Waals surface area (Å²) in [5.41, 5.74) is -0.122. The Kier molecular flexibility index (Phi) is 4.05. The Hall–Kier alpha value is -2.04. The first-order chi connectivity index (χ1) is 10.6. The first kappa shape index (κ1) is 14.9. The van der Waals surface area contributed by atoms with Gasteiger partial charge in [0.2, 0.25) is 0 Å². The average Bonchev–Trinajstić information content (AvgIpc) is 2.54. The lowest BCUT2D eigenvalue weighted by molar-refractivity contribution is 0.104. The van der Waals surface area contributed by atoms with Crippen LogP contribution in [0.25, 0.3) is 10.8 Å². The third-order valence-electron chi connectivity index (χ3n) is 3.73. The Morgan fingerprint density at radius 1 is 1.05 bits per heavy atom. The van der Waals surface area contributed by atoms with Crippen LogP contribution in [-0.2, 0) is 16.4 Å². The van der Waals surface area contributed by atoms with Crippen LogP contribution in [0.5, 0.6) is 0 Å². The number of nitrogens with zero attached hydrogens (tertiary/aromatic N) is 1. The smallest absolute Gasteiger partial charge is 0.143 e. The quantitative estimate of drug-likeness (QED) is 0.806. The summed E-state index contributed by atoms with van der Waals surface area (Å²) >= 11 is 0. The van der Waals surface area contributed by atoms with Crippen LogP contribution in [0.2, 0.25) is 0 Å². The van der Waals surface area contributed by atoms with Crippen LogP contribution in [0.3, 0.4) is 0 Å². The van der Waals surface area contributed by atoms with Crippen LogP contribution in [0.4, 0.5) is 0 Å². The van der Waals surface area contributed by atoms with Crippen molar-refractivity contribution in [1.82, 2.24) is 4.98 Å². The maximum Gasteiger partial charge on any atom is 0.143 e. The van der Waals surface area contributed by atoms with Gasteiger partial charge < -0.3 is 5.11 Å². The molecule has 0 radical (unpaired) electrons. The van der Waals surface area contributed by atoms with Crippen molar-refractivity contribution < 1.29 is 9.32 Å². The Morgan fingerprint density at radius 2 is 1.73 bits per heavy atom. The molecule has 112 valence electrons. The molecule has 0 saturated carbocycles. The van der Waals surface area contributed by atoms with E-state index >= 15 is 0 Å². The maximum atomic E-state index is 11.9. The second-order valence-electron chi connectivity index (χ2n) is 5.32. The molecule has 4 heteroatoms. The molecular formula is C18H17NO2S. The van der Waals surface area contributed by atoms with E-state index in [4.69, 9.17) is 0 Å². The van der Waals surface area contributed by atoms with E-state index in [1.165, 1.54) is 0 Å². The highest BCUT2D eigenvalue weighted by atomic mass is 32.2. The predicted molar refractivity (Wildman–Crippen MR) is 90.1 cm³/mol. The van der Waals surface area contributed by atoms with Gasteiger partial charge in [-0.2, -0.15) is 0 Å². The van der Waals surface area contributed by atoms with Gasteiger partial charge in [-0.05, 0) is 17.0 Å².